The Labute approximate surface area is 134 Å². The van der Waals surface area contributed by atoms with Crippen molar-refractivity contribution in [3.05, 3.63) is 29.8 Å². The van der Waals surface area contributed by atoms with Crippen LogP contribution in [0.1, 0.15) is 38.2 Å². The summed E-state index contributed by atoms with van der Waals surface area (Å²) < 4.78 is 0. The summed E-state index contributed by atoms with van der Waals surface area (Å²) in [5.41, 5.74) is 2.29. The number of thiocarbonyl (C=S) groups is 1. The van der Waals surface area contributed by atoms with Gasteiger partial charge in [-0.05, 0) is 69.6 Å². The van der Waals surface area contributed by atoms with E-state index in [0.29, 0.717) is 5.11 Å². The van der Waals surface area contributed by atoms with E-state index in [-0.39, 0.29) is 0 Å². The molecule has 1 heterocycles. The minimum absolute atomic E-state index is 0.715. The molecule has 3 nitrogen and oxygen atoms in total. The molecule has 4 heteroatoms. The Kier molecular flexibility index (Phi) is 6.46. The lowest BCUT2D eigenvalue weighted by Gasteiger charge is -2.33. The lowest BCUT2D eigenvalue weighted by atomic mass is 10.0. The standard InChI is InChI=1S/C17H27N3S/c1-14-7-5-9-16(13-14)19-17(21)18-10-6-12-20-11-4-3-8-15(20)2/h5,7,9,13,15H,3-4,6,8,10-12H2,1-2H3,(H2,18,19,21)/t15-/m0/s1. The number of anilines is 1. The molecule has 0 bridgehead atoms. The first kappa shape index (κ1) is 16.2. The summed E-state index contributed by atoms with van der Waals surface area (Å²) in [4.78, 5) is 2.60. The van der Waals surface area contributed by atoms with Crippen molar-refractivity contribution in [2.75, 3.05) is 25.0 Å². The molecule has 1 aliphatic heterocycles. The minimum atomic E-state index is 0.715. The maximum absolute atomic E-state index is 5.34. The zero-order chi connectivity index (χ0) is 15.1. The van der Waals surface area contributed by atoms with E-state index in [0.717, 1.165) is 24.7 Å². The maximum Gasteiger partial charge on any atom is 0.170 e. The summed E-state index contributed by atoms with van der Waals surface area (Å²) in [6.45, 7) is 7.78. The van der Waals surface area contributed by atoms with Crippen molar-refractivity contribution in [3.63, 3.8) is 0 Å². The molecule has 0 aliphatic carbocycles. The number of nitrogens with one attached hydrogen (secondary N) is 2. The molecule has 2 rings (SSSR count). The molecule has 0 aromatic heterocycles. The van der Waals surface area contributed by atoms with E-state index in [1.54, 1.807) is 0 Å². The summed E-state index contributed by atoms with van der Waals surface area (Å²) in [5, 5.41) is 7.25. The van der Waals surface area contributed by atoms with Gasteiger partial charge in [-0.1, -0.05) is 18.6 Å². The minimum Gasteiger partial charge on any atom is -0.362 e. The average Bonchev–Trinajstić information content (AvgIpc) is 2.45. The normalized spacial score (nSPS) is 19.2. The first-order chi connectivity index (χ1) is 10.1. The molecule has 0 spiro atoms. The quantitative estimate of drug-likeness (QED) is 0.643. The van der Waals surface area contributed by atoms with Crippen LogP contribution in [0.4, 0.5) is 5.69 Å². The van der Waals surface area contributed by atoms with E-state index in [9.17, 15) is 0 Å². The monoisotopic (exact) mass is 305 g/mol. The van der Waals surface area contributed by atoms with Crippen LogP contribution >= 0.6 is 12.2 Å². The molecule has 1 atom stereocenters. The van der Waals surface area contributed by atoms with Gasteiger partial charge in [-0.2, -0.15) is 0 Å². The first-order valence-corrected chi connectivity index (χ1v) is 8.41. The van der Waals surface area contributed by atoms with Crippen LogP contribution in [0.15, 0.2) is 24.3 Å². The zero-order valence-corrected chi connectivity index (χ0v) is 14.0. The molecular weight excluding hydrogens is 278 g/mol. The van der Waals surface area contributed by atoms with E-state index in [2.05, 4.69) is 41.5 Å². The lowest BCUT2D eigenvalue weighted by molar-refractivity contribution is 0.159. The average molecular weight is 305 g/mol. The van der Waals surface area contributed by atoms with Gasteiger partial charge in [0.2, 0.25) is 0 Å². The summed E-state index contributed by atoms with van der Waals surface area (Å²) >= 11 is 5.34. The molecule has 116 valence electrons. The van der Waals surface area contributed by atoms with Gasteiger partial charge >= 0.3 is 0 Å². The van der Waals surface area contributed by atoms with Crippen LogP contribution in [0, 0.1) is 6.92 Å². The van der Waals surface area contributed by atoms with Gasteiger partial charge < -0.3 is 15.5 Å². The Hall–Kier alpha value is -1.13. The second kappa shape index (κ2) is 8.35. The SMILES string of the molecule is Cc1cccc(NC(=S)NCCCN2CCCC[C@@H]2C)c1. The molecule has 0 unspecified atom stereocenters. The molecule has 0 saturated carbocycles. The fourth-order valence-corrected chi connectivity index (χ4v) is 3.09. The largest absolute Gasteiger partial charge is 0.362 e. The molecule has 21 heavy (non-hydrogen) atoms. The Morgan fingerprint density at radius 1 is 1.38 bits per heavy atom. The van der Waals surface area contributed by atoms with Crippen LogP contribution in [0.2, 0.25) is 0 Å². The fraction of sp³-hybridized carbons (Fsp3) is 0.588. The summed E-state index contributed by atoms with van der Waals surface area (Å²) in [7, 11) is 0. The van der Waals surface area contributed by atoms with Gasteiger partial charge in [0.15, 0.2) is 5.11 Å². The Balaban J connectivity index is 1.63. The number of hydrogen-bond acceptors (Lipinski definition) is 2. The van der Waals surface area contributed by atoms with Gasteiger partial charge in [0.1, 0.15) is 0 Å². The van der Waals surface area contributed by atoms with Crippen molar-refractivity contribution in [1.29, 1.82) is 0 Å². The van der Waals surface area contributed by atoms with Gasteiger partial charge in [0.25, 0.3) is 0 Å². The number of benzene rings is 1. The van der Waals surface area contributed by atoms with Gasteiger partial charge in [-0.25, -0.2) is 0 Å². The number of piperidine rings is 1. The second-order valence-corrected chi connectivity index (χ2v) is 6.39. The van der Waals surface area contributed by atoms with E-state index < -0.39 is 0 Å². The molecule has 1 aliphatic rings. The number of nitrogens with zero attached hydrogens (tertiary/aromatic N) is 1. The van der Waals surface area contributed by atoms with E-state index in [4.69, 9.17) is 12.2 Å². The predicted molar refractivity (Wildman–Crippen MR) is 94.9 cm³/mol. The van der Waals surface area contributed by atoms with E-state index >= 15 is 0 Å². The third-order valence-electron chi connectivity index (χ3n) is 4.12. The Morgan fingerprint density at radius 3 is 3.00 bits per heavy atom. The Bertz CT molecular complexity index is 461. The smallest absolute Gasteiger partial charge is 0.170 e. The van der Waals surface area contributed by atoms with Crippen molar-refractivity contribution in [2.45, 2.75) is 45.6 Å². The van der Waals surface area contributed by atoms with Crippen molar-refractivity contribution in [2.24, 2.45) is 0 Å². The topological polar surface area (TPSA) is 27.3 Å². The van der Waals surface area contributed by atoms with E-state index in [1.165, 1.54) is 37.9 Å². The van der Waals surface area contributed by atoms with Crippen LogP contribution in [0.5, 0.6) is 0 Å². The van der Waals surface area contributed by atoms with Crippen LogP contribution in [-0.4, -0.2) is 35.7 Å². The maximum atomic E-state index is 5.34. The molecule has 1 saturated heterocycles. The number of rotatable bonds is 5. The highest BCUT2D eigenvalue weighted by Gasteiger charge is 2.16. The third kappa shape index (κ3) is 5.64. The summed E-state index contributed by atoms with van der Waals surface area (Å²) in [5.74, 6) is 0. The van der Waals surface area contributed by atoms with Gasteiger partial charge in [-0.15, -0.1) is 0 Å². The van der Waals surface area contributed by atoms with Crippen molar-refractivity contribution < 1.29 is 0 Å². The molecule has 0 radical (unpaired) electrons. The number of hydrogen-bond donors (Lipinski definition) is 2. The second-order valence-electron chi connectivity index (χ2n) is 5.98. The summed E-state index contributed by atoms with van der Waals surface area (Å²) in [6, 6.07) is 9.01. The number of likely N-dealkylation sites (tertiary alicyclic amines) is 1. The van der Waals surface area contributed by atoms with Crippen LogP contribution < -0.4 is 10.6 Å². The van der Waals surface area contributed by atoms with Gasteiger partial charge in [-0.3, -0.25) is 0 Å². The van der Waals surface area contributed by atoms with Crippen molar-refractivity contribution >= 4 is 23.0 Å². The van der Waals surface area contributed by atoms with Crippen LogP contribution in [-0.2, 0) is 0 Å². The highest BCUT2D eigenvalue weighted by Crippen LogP contribution is 2.16. The molecular formula is C17H27N3S. The van der Waals surface area contributed by atoms with Crippen molar-refractivity contribution in [1.82, 2.24) is 10.2 Å². The fourth-order valence-electron chi connectivity index (χ4n) is 2.87. The first-order valence-electron chi connectivity index (χ1n) is 8.01. The molecule has 2 N–H and O–H groups in total. The molecule has 1 aromatic carbocycles. The van der Waals surface area contributed by atoms with Gasteiger partial charge in [0.05, 0.1) is 0 Å². The summed E-state index contributed by atoms with van der Waals surface area (Å²) in [6.07, 6.45) is 5.23. The molecule has 1 fully saturated rings. The van der Waals surface area contributed by atoms with Crippen LogP contribution in [0.3, 0.4) is 0 Å². The zero-order valence-electron chi connectivity index (χ0n) is 13.2. The highest BCUT2D eigenvalue weighted by atomic mass is 32.1. The predicted octanol–water partition coefficient (Wildman–Crippen LogP) is 3.55. The highest BCUT2D eigenvalue weighted by molar-refractivity contribution is 7.80. The lowest BCUT2D eigenvalue weighted by Crippen LogP contribution is -2.39. The van der Waals surface area contributed by atoms with Crippen LogP contribution in [0.25, 0.3) is 0 Å². The number of aryl methyl sites for hydroxylation is 1. The molecule has 0 amide bonds. The van der Waals surface area contributed by atoms with Gasteiger partial charge in [0, 0.05) is 24.8 Å². The van der Waals surface area contributed by atoms with Crippen molar-refractivity contribution in [3.8, 4) is 0 Å². The Morgan fingerprint density at radius 2 is 2.24 bits per heavy atom. The molecule has 1 aromatic rings. The third-order valence-corrected chi connectivity index (χ3v) is 4.37. The van der Waals surface area contributed by atoms with E-state index in [1.807, 2.05) is 12.1 Å².